The molecule has 2 aromatic rings. The SMILES string of the molecule is O=C(O)/C=C\C(=O)O.[2H]C([2H])(NCC)C([2H])([2H])NC(=O)c1c(C)[nH]c(/C=C2\C(=O)Nc3ccc(F)cc32)c1C. The molecule has 35 heavy (non-hydrogen) atoms. The summed E-state index contributed by atoms with van der Waals surface area (Å²) in [6.07, 6.45) is 2.62. The van der Waals surface area contributed by atoms with E-state index in [2.05, 4.69) is 20.9 Å². The number of halogens is 1. The zero-order valence-electron chi connectivity index (χ0n) is 23.1. The average Bonchev–Trinajstić information content (AvgIpc) is 3.27. The third-order valence-electron chi connectivity index (χ3n) is 4.63. The Morgan fingerprint density at radius 1 is 1.14 bits per heavy atom. The van der Waals surface area contributed by atoms with Crippen molar-refractivity contribution in [3.63, 3.8) is 0 Å². The van der Waals surface area contributed by atoms with Gasteiger partial charge < -0.3 is 31.1 Å². The fourth-order valence-corrected chi connectivity index (χ4v) is 3.13. The fourth-order valence-electron chi connectivity index (χ4n) is 3.13. The predicted octanol–water partition coefficient (Wildman–Crippen LogP) is 2.31. The standard InChI is InChI=1S/C20H23FN4O2.C4H4O4/c1-4-22-7-8-23-20(27)18-11(2)17(24-12(18)3)10-15-14-9-13(21)5-6-16(14)25-19(15)26;5-3(6)1-2-4(7)8/h5-6,9-10,22,24H,4,7-8H2,1-3H3,(H,23,27)(H,25,26);1-2H,(H,5,6)(H,7,8)/b15-10-;2-1-/i7D2,8D2;. The highest BCUT2D eigenvalue weighted by Gasteiger charge is 2.26. The largest absolute Gasteiger partial charge is 0.478 e. The highest BCUT2D eigenvalue weighted by atomic mass is 19.1. The van der Waals surface area contributed by atoms with E-state index in [9.17, 15) is 23.6 Å². The maximum Gasteiger partial charge on any atom is 0.328 e. The van der Waals surface area contributed by atoms with Gasteiger partial charge in [0.15, 0.2) is 0 Å². The summed E-state index contributed by atoms with van der Waals surface area (Å²) >= 11 is 0. The number of aromatic amines is 1. The van der Waals surface area contributed by atoms with Crippen LogP contribution < -0.4 is 16.0 Å². The third kappa shape index (κ3) is 7.37. The molecule has 2 heterocycles. The van der Waals surface area contributed by atoms with Crippen molar-refractivity contribution in [3.05, 3.63) is 64.2 Å². The second kappa shape index (κ2) is 12.3. The van der Waals surface area contributed by atoms with E-state index < -0.39 is 42.6 Å². The van der Waals surface area contributed by atoms with Crippen LogP contribution in [0.4, 0.5) is 10.1 Å². The molecule has 0 atom stereocenters. The minimum absolute atomic E-state index is 0.140. The molecule has 6 N–H and O–H groups in total. The molecule has 0 spiro atoms. The number of amides is 2. The zero-order chi connectivity index (χ0) is 29.7. The molecule has 1 aromatic heterocycles. The minimum Gasteiger partial charge on any atom is -0.478 e. The van der Waals surface area contributed by atoms with E-state index in [4.69, 9.17) is 15.7 Å². The summed E-state index contributed by atoms with van der Waals surface area (Å²) in [5.74, 6) is -4.21. The molecule has 1 aliphatic rings. The van der Waals surface area contributed by atoms with Gasteiger partial charge in [0, 0.05) is 50.5 Å². The van der Waals surface area contributed by atoms with Crippen LogP contribution in [0.2, 0.25) is 0 Å². The van der Waals surface area contributed by atoms with E-state index >= 15 is 0 Å². The van der Waals surface area contributed by atoms with Crippen molar-refractivity contribution in [1.29, 1.82) is 0 Å². The number of anilines is 1. The van der Waals surface area contributed by atoms with Gasteiger partial charge >= 0.3 is 11.9 Å². The second-order valence-electron chi connectivity index (χ2n) is 7.11. The van der Waals surface area contributed by atoms with Crippen LogP contribution in [0, 0.1) is 19.7 Å². The molecule has 0 saturated carbocycles. The first-order valence-corrected chi connectivity index (χ1v) is 10.2. The Balaban J connectivity index is 0.000000580. The van der Waals surface area contributed by atoms with Crippen molar-refractivity contribution < 1.29 is 39.3 Å². The van der Waals surface area contributed by atoms with Crippen molar-refractivity contribution in [1.82, 2.24) is 15.6 Å². The summed E-state index contributed by atoms with van der Waals surface area (Å²) in [6.45, 7) is -0.141. The van der Waals surface area contributed by atoms with Crippen LogP contribution in [0.25, 0.3) is 11.6 Å². The molecule has 11 heteroatoms. The van der Waals surface area contributed by atoms with Crippen molar-refractivity contribution >= 4 is 41.1 Å². The van der Waals surface area contributed by atoms with Crippen molar-refractivity contribution in [2.75, 3.05) is 24.9 Å². The van der Waals surface area contributed by atoms with Crippen molar-refractivity contribution in [2.45, 2.75) is 20.8 Å². The molecule has 0 saturated heterocycles. The molecule has 1 aliphatic heterocycles. The molecule has 2 amide bonds. The number of aryl methyl sites for hydroxylation is 1. The Labute approximate surface area is 206 Å². The van der Waals surface area contributed by atoms with Crippen LogP contribution in [-0.2, 0) is 14.4 Å². The number of carbonyl (C=O) groups is 4. The lowest BCUT2D eigenvalue weighted by molar-refractivity contribution is -0.134. The van der Waals surface area contributed by atoms with Crippen molar-refractivity contribution in [3.8, 4) is 0 Å². The van der Waals surface area contributed by atoms with Gasteiger partial charge in [0.05, 0.1) is 13.9 Å². The Bertz CT molecular complexity index is 1350. The monoisotopic (exact) mass is 490 g/mol. The summed E-state index contributed by atoms with van der Waals surface area (Å²) in [4.78, 5) is 47.2. The third-order valence-corrected chi connectivity index (χ3v) is 4.63. The molecule has 186 valence electrons. The maximum absolute atomic E-state index is 13.7. The quantitative estimate of drug-likeness (QED) is 0.310. The van der Waals surface area contributed by atoms with Gasteiger partial charge in [-0.2, -0.15) is 0 Å². The number of nitrogens with one attached hydrogen (secondary N) is 4. The van der Waals surface area contributed by atoms with Gasteiger partial charge in [-0.15, -0.1) is 0 Å². The number of hydrogen-bond acceptors (Lipinski definition) is 5. The smallest absolute Gasteiger partial charge is 0.328 e. The van der Waals surface area contributed by atoms with Crippen LogP contribution in [0.3, 0.4) is 0 Å². The normalized spacial score (nSPS) is 15.8. The number of carbonyl (C=O) groups excluding carboxylic acids is 2. The molecule has 0 unspecified atom stereocenters. The van der Waals surface area contributed by atoms with E-state index in [1.165, 1.54) is 24.3 Å². The molecule has 0 bridgehead atoms. The van der Waals surface area contributed by atoms with Gasteiger partial charge in [-0.1, -0.05) is 6.92 Å². The number of fused-ring (bicyclic) bond motifs is 1. The lowest BCUT2D eigenvalue weighted by Crippen LogP contribution is -2.32. The van der Waals surface area contributed by atoms with Crippen LogP contribution in [0.5, 0.6) is 0 Å². The van der Waals surface area contributed by atoms with Gasteiger partial charge in [0.2, 0.25) is 0 Å². The Morgan fingerprint density at radius 2 is 1.80 bits per heavy atom. The van der Waals surface area contributed by atoms with E-state index in [0.29, 0.717) is 40.4 Å². The summed E-state index contributed by atoms with van der Waals surface area (Å²) in [5.41, 5.74) is 2.54. The molecule has 0 radical (unpaired) electrons. The number of H-pyrrole nitrogens is 1. The molecular weight excluding hydrogens is 459 g/mol. The van der Waals surface area contributed by atoms with Crippen molar-refractivity contribution in [2.24, 2.45) is 0 Å². The molecule has 0 aliphatic carbocycles. The Morgan fingerprint density at radius 3 is 2.40 bits per heavy atom. The maximum atomic E-state index is 13.7. The average molecular weight is 491 g/mol. The number of hydrogen-bond donors (Lipinski definition) is 6. The van der Waals surface area contributed by atoms with Crippen LogP contribution in [0.1, 0.15) is 45.3 Å². The van der Waals surface area contributed by atoms with Gasteiger partial charge in [-0.3, -0.25) is 9.59 Å². The lowest BCUT2D eigenvalue weighted by Gasteiger charge is -2.06. The molecule has 10 nitrogen and oxygen atoms in total. The topological polar surface area (TPSA) is 161 Å². The van der Waals surface area contributed by atoms with Gasteiger partial charge in [0.1, 0.15) is 5.82 Å². The Hall–Kier alpha value is -4.25. The first kappa shape index (κ1) is 21.3. The summed E-state index contributed by atoms with van der Waals surface area (Å²) < 4.78 is 45.2. The number of carboxylic acid groups (broad SMARTS) is 2. The first-order chi connectivity index (χ1) is 18.0. The molecular formula is C24H27FN4O6. The summed E-state index contributed by atoms with van der Waals surface area (Å²) in [6, 6.07) is 3.96. The second-order valence-corrected chi connectivity index (χ2v) is 7.11. The summed E-state index contributed by atoms with van der Waals surface area (Å²) in [7, 11) is 0. The molecule has 1 aromatic carbocycles. The zero-order valence-corrected chi connectivity index (χ0v) is 19.1. The Kier molecular flexibility index (Phi) is 7.47. The molecule has 0 fully saturated rings. The van der Waals surface area contributed by atoms with E-state index in [0.717, 1.165) is 0 Å². The van der Waals surface area contributed by atoms with E-state index in [-0.39, 0.29) is 17.7 Å². The van der Waals surface area contributed by atoms with Gasteiger partial charge in [0.25, 0.3) is 11.8 Å². The van der Waals surface area contributed by atoms with E-state index in [1.54, 1.807) is 20.8 Å². The first-order valence-electron chi connectivity index (χ1n) is 12.2. The predicted molar refractivity (Wildman–Crippen MR) is 128 cm³/mol. The highest BCUT2D eigenvalue weighted by molar-refractivity contribution is 6.34. The number of benzene rings is 1. The van der Waals surface area contributed by atoms with Crippen LogP contribution >= 0.6 is 0 Å². The highest BCUT2D eigenvalue weighted by Crippen LogP contribution is 2.34. The van der Waals surface area contributed by atoms with Gasteiger partial charge in [-0.25, -0.2) is 14.0 Å². The number of rotatable bonds is 8. The number of likely N-dealkylation sites (N-methyl/N-ethyl adjacent to an activating group) is 1. The number of aromatic nitrogens is 1. The lowest BCUT2D eigenvalue weighted by atomic mass is 10.0. The van der Waals surface area contributed by atoms with Crippen LogP contribution in [-0.4, -0.2) is 58.5 Å². The number of aliphatic carboxylic acids is 2. The van der Waals surface area contributed by atoms with E-state index in [1.807, 2.05) is 0 Å². The number of carboxylic acids is 2. The minimum atomic E-state index is -2.68. The molecule has 3 rings (SSSR count). The summed E-state index contributed by atoms with van der Waals surface area (Å²) in [5, 5.41) is 22.8. The van der Waals surface area contributed by atoms with Gasteiger partial charge in [-0.05, 0) is 50.2 Å². The fraction of sp³-hybridized carbons (Fsp3) is 0.250. The van der Waals surface area contributed by atoms with Crippen LogP contribution in [0.15, 0.2) is 30.4 Å².